The first-order valence-corrected chi connectivity index (χ1v) is 5.07. The Balaban J connectivity index is 2.50. The van der Waals surface area contributed by atoms with Crippen molar-refractivity contribution in [3.63, 3.8) is 0 Å². The number of nitrogens with zero attached hydrogens (tertiary/aromatic N) is 1. The Kier molecular flexibility index (Phi) is 3.14. The van der Waals surface area contributed by atoms with Crippen LogP contribution in [0.4, 0.5) is 4.39 Å². The van der Waals surface area contributed by atoms with Gasteiger partial charge in [0.05, 0.1) is 6.42 Å². The van der Waals surface area contributed by atoms with E-state index in [1.165, 1.54) is 12.1 Å². The van der Waals surface area contributed by atoms with Crippen molar-refractivity contribution in [2.24, 2.45) is 0 Å². The maximum atomic E-state index is 13.1. The summed E-state index contributed by atoms with van der Waals surface area (Å²) in [5.74, 6) is -1.42. The highest BCUT2D eigenvalue weighted by atomic mass is 19.1. The average Bonchev–Trinajstić information content (AvgIpc) is 2.29. The van der Waals surface area contributed by atoms with E-state index < -0.39 is 11.8 Å². The lowest BCUT2D eigenvalue weighted by molar-refractivity contribution is -0.136. The number of hydrogen-bond donors (Lipinski definition) is 1. The maximum Gasteiger partial charge on any atom is 0.307 e. The van der Waals surface area contributed by atoms with E-state index in [1.807, 2.05) is 6.07 Å². The van der Waals surface area contributed by atoms with Gasteiger partial charge in [-0.05, 0) is 29.3 Å². The number of carbonyl (C=O) groups is 1. The smallest absolute Gasteiger partial charge is 0.307 e. The molecule has 4 heteroatoms. The summed E-state index contributed by atoms with van der Waals surface area (Å²) in [7, 11) is 0. The summed E-state index contributed by atoms with van der Waals surface area (Å²) in [4.78, 5) is 14.7. The molecule has 3 nitrogen and oxygen atoms in total. The molecule has 0 saturated heterocycles. The molecule has 0 aliphatic rings. The molecular formula is C13H10FNO2. The first-order valence-electron chi connectivity index (χ1n) is 5.07. The molecular weight excluding hydrogens is 221 g/mol. The Morgan fingerprint density at radius 3 is 2.82 bits per heavy atom. The normalized spacial score (nSPS) is 10.2. The third kappa shape index (κ3) is 2.66. The zero-order valence-corrected chi connectivity index (χ0v) is 8.93. The van der Waals surface area contributed by atoms with Crippen molar-refractivity contribution in [3.05, 3.63) is 54.1 Å². The first-order chi connectivity index (χ1) is 8.16. The molecule has 2 rings (SSSR count). The van der Waals surface area contributed by atoms with Crippen LogP contribution in [0.1, 0.15) is 5.56 Å². The fourth-order valence-corrected chi connectivity index (χ4v) is 1.68. The molecule has 0 unspecified atom stereocenters. The molecule has 1 aromatic heterocycles. The molecule has 17 heavy (non-hydrogen) atoms. The minimum atomic E-state index is -0.985. The lowest BCUT2D eigenvalue weighted by Crippen LogP contribution is -2.02. The van der Waals surface area contributed by atoms with Crippen LogP contribution in [0.15, 0.2) is 42.7 Å². The predicted molar refractivity (Wildman–Crippen MR) is 61.0 cm³/mol. The van der Waals surface area contributed by atoms with E-state index >= 15 is 0 Å². The molecule has 1 N–H and O–H groups in total. The highest BCUT2D eigenvalue weighted by Crippen LogP contribution is 2.24. The summed E-state index contributed by atoms with van der Waals surface area (Å²) in [6.07, 6.45) is 3.05. The Hall–Kier alpha value is -2.23. The number of aliphatic carboxylic acids is 1. The van der Waals surface area contributed by atoms with Crippen LogP contribution in [0, 0.1) is 5.82 Å². The number of carboxylic acids is 1. The molecule has 0 amide bonds. The number of benzene rings is 1. The molecule has 2 aromatic rings. The summed E-state index contributed by atoms with van der Waals surface area (Å²) < 4.78 is 13.1. The van der Waals surface area contributed by atoms with Gasteiger partial charge >= 0.3 is 5.97 Å². The third-order valence-corrected chi connectivity index (χ3v) is 2.38. The summed E-state index contributed by atoms with van der Waals surface area (Å²) in [6.45, 7) is 0. The van der Waals surface area contributed by atoms with Crippen LogP contribution in [0.25, 0.3) is 11.1 Å². The molecule has 0 aliphatic carbocycles. The molecule has 0 aliphatic heterocycles. The van der Waals surface area contributed by atoms with E-state index in [1.54, 1.807) is 24.5 Å². The lowest BCUT2D eigenvalue weighted by atomic mass is 9.99. The second-order valence-electron chi connectivity index (χ2n) is 3.61. The molecule has 1 aromatic carbocycles. The number of rotatable bonds is 3. The van der Waals surface area contributed by atoms with Crippen LogP contribution in [-0.2, 0) is 11.2 Å². The van der Waals surface area contributed by atoms with Crippen molar-refractivity contribution < 1.29 is 14.3 Å². The quantitative estimate of drug-likeness (QED) is 0.883. The molecule has 0 radical (unpaired) electrons. The Morgan fingerprint density at radius 2 is 2.18 bits per heavy atom. The molecule has 1 heterocycles. The zero-order valence-electron chi connectivity index (χ0n) is 8.93. The van der Waals surface area contributed by atoms with Gasteiger partial charge in [-0.1, -0.05) is 12.1 Å². The molecule has 0 bridgehead atoms. The van der Waals surface area contributed by atoms with Gasteiger partial charge in [0.1, 0.15) is 5.82 Å². The fraction of sp³-hybridized carbons (Fsp3) is 0.0769. The van der Waals surface area contributed by atoms with E-state index in [9.17, 15) is 9.18 Å². The number of pyridine rings is 1. The van der Waals surface area contributed by atoms with Gasteiger partial charge in [-0.15, -0.1) is 0 Å². The number of halogens is 1. The van der Waals surface area contributed by atoms with Gasteiger partial charge in [0.25, 0.3) is 0 Å². The minimum Gasteiger partial charge on any atom is -0.481 e. The third-order valence-electron chi connectivity index (χ3n) is 2.38. The van der Waals surface area contributed by atoms with Gasteiger partial charge in [0.15, 0.2) is 0 Å². The monoisotopic (exact) mass is 231 g/mol. The van der Waals surface area contributed by atoms with Gasteiger partial charge in [0.2, 0.25) is 0 Å². The highest BCUT2D eigenvalue weighted by Gasteiger charge is 2.09. The van der Waals surface area contributed by atoms with E-state index in [4.69, 9.17) is 5.11 Å². The molecule has 0 atom stereocenters. The van der Waals surface area contributed by atoms with Crippen LogP contribution < -0.4 is 0 Å². The summed E-state index contributed by atoms with van der Waals surface area (Å²) in [6, 6.07) is 7.70. The molecule has 0 saturated carbocycles. The van der Waals surface area contributed by atoms with E-state index in [0.717, 1.165) is 5.56 Å². The van der Waals surface area contributed by atoms with Crippen molar-refractivity contribution in [3.8, 4) is 11.1 Å². The predicted octanol–water partition coefficient (Wildman–Crippen LogP) is 2.51. The topological polar surface area (TPSA) is 50.2 Å². The Bertz CT molecular complexity index is 540. The Morgan fingerprint density at radius 1 is 1.35 bits per heavy atom. The first kappa shape index (κ1) is 11.3. The number of carboxylic acid groups (broad SMARTS) is 1. The van der Waals surface area contributed by atoms with Crippen molar-refractivity contribution in [1.82, 2.24) is 4.98 Å². The van der Waals surface area contributed by atoms with Crippen molar-refractivity contribution in [2.75, 3.05) is 0 Å². The van der Waals surface area contributed by atoms with Crippen LogP contribution in [0.3, 0.4) is 0 Å². The number of hydrogen-bond acceptors (Lipinski definition) is 2. The van der Waals surface area contributed by atoms with E-state index in [0.29, 0.717) is 11.1 Å². The van der Waals surface area contributed by atoms with Crippen LogP contribution in [0.2, 0.25) is 0 Å². The maximum absolute atomic E-state index is 13.1. The zero-order chi connectivity index (χ0) is 12.3. The second kappa shape index (κ2) is 4.74. The van der Waals surface area contributed by atoms with Gasteiger partial charge in [0, 0.05) is 18.0 Å². The number of aromatic nitrogens is 1. The van der Waals surface area contributed by atoms with Crippen LogP contribution in [0.5, 0.6) is 0 Å². The van der Waals surface area contributed by atoms with Crippen molar-refractivity contribution >= 4 is 5.97 Å². The molecule has 0 spiro atoms. The summed E-state index contributed by atoms with van der Waals surface area (Å²) >= 11 is 0. The average molecular weight is 231 g/mol. The van der Waals surface area contributed by atoms with Gasteiger partial charge in [-0.2, -0.15) is 0 Å². The fourth-order valence-electron chi connectivity index (χ4n) is 1.68. The van der Waals surface area contributed by atoms with Gasteiger partial charge in [-0.25, -0.2) is 4.39 Å². The van der Waals surface area contributed by atoms with Gasteiger partial charge in [-0.3, -0.25) is 9.78 Å². The SMILES string of the molecule is O=C(O)Cc1cc(F)ccc1-c1cccnc1. The standard InChI is InChI=1S/C13H10FNO2/c14-11-3-4-12(9-2-1-5-15-8-9)10(6-11)7-13(16)17/h1-6,8H,7H2,(H,16,17). The van der Waals surface area contributed by atoms with Crippen LogP contribution in [-0.4, -0.2) is 16.1 Å². The van der Waals surface area contributed by atoms with E-state index in [2.05, 4.69) is 4.98 Å². The lowest BCUT2D eigenvalue weighted by Gasteiger charge is -2.07. The molecule has 0 fully saturated rings. The minimum absolute atomic E-state index is 0.206. The molecule has 86 valence electrons. The largest absolute Gasteiger partial charge is 0.481 e. The van der Waals surface area contributed by atoms with E-state index in [-0.39, 0.29) is 6.42 Å². The highest BCUT2D eigenvalue weighted by molar-refractivity contribution is 5.76. The van der Waals surface area contributed by atoms with Gasteiger partial charge < -0.3 is 5.11 Å². The summed E-state index contributed by atoms with van der Waals surface area (Å²) in [5, 5.41) is 8.79. The van der Waals surface area contributed by atoms with Crippen molar-refractivity contribution in [1.29, 1.82) is 0 Å². The van der Waals surface area contributed by atoms with Crippen molar-refractivity contribution in [2.45, 2.75) is 6.42 Å². The Labute approximate surface area is 97.6 Å². The van der Waals surface area contributed by atoms with Crippen LogP contribution >= 0.6 is 0 Å². The second-order valence-corrected chi connectivity index (χ2v) is 3.61. The summed E-state index contributed by atoms with van der Waals surface area (Å²) in [5.41, 5.74) is 1.93.